The first-order chi connectivity index (χ1) is 11.9. The average Bonchev–Trinajstić information content (AvgIpc) is 3.29. The van der Waals surface area contributed by atoms with Crippen LogP contribution in [0, 0.1) is 11.8 Å². The van der Waals surface area contributed by atoms with E-state index in [1.54, 1.807) is 21.8 Å². The van der Waals surface area contributed by atoms with E-state index in [-0.39, 0.29) is 10.9 Å². The Bertz CT molecular complexity index is 845. The standard InChI is InChI=1S/C16H23N5O2S2/c1-11(2)15-18-14(10-19(15)3)25(22,23)21-8-12-6-20(7-13(12)9-21)16-17-4-5-24-16/h4-5,10-13H,6-9H2,1-3H3. The van der Waals surface area contributed by atoms with Crippen molar-refractivity contribution in [2.24, 2.45) is 18.9 Å². The van der Waals surface area contributed by atoms with Crippen molar-refractivity contribution >= 4 is 26.5 Å². The van der Waals surface area contributed by atoms with Gasteiger partial charge in [0.25, 0.3) is 10.0 Å². The number of aromatic nitrogens is 3. The number of hydrogen-bond donors (Lipinski definition) is 0. The lowest BCUT2D eigenvalue weighted by Gasteiger charge is -2.20. The molecule has 2 unspecified atom stereocenters. The highest BCUT2D eigenvalue weighted by molar-refractivity contribution is 7.89. The molecule has 0 spiro atoms. The van der Waals surface area contributed by atoms with E-state index in [2.05, 4.69) is 14.9 Å². The fourth-order valence-electron chi connectivity index (χ4n) is 3.92. The molecule has 9 heteroatoms. The summed E-state index contributed by atoms with van der Waals surface area (Å²) in [6, 6.07) is 0. The summed E-state index contributed by atoms with van der Waals surface area (Å²) in [5.74, 6) is 1.73. The summed E-state index contributed by atoms with van der Waals surface area (Å²) in [5, 5.41) is 3.19. The van der Waals surface area contributed by atoms with Crippen molar-refractivity contribution < 1.29 is 8.42 Å². The van der Waals surface area contributed by atoms with E-state index in [0.29, 0.717) is 24.9 Å². The van der Waals surface area contributed by atoms with E-state index < -0.39 is 10.0 Å². The van der Waals surface area contributed by atoms with Crippen LogP contribution in [0.15, 0.2) is 22.8 Å². The Kier molecular flexibility index (Phi) is 4.12. The molecule has 2 aliphatic heterocycles. The summed E-state index contributed by atoms with van der Waals surface area (Å²) >= 11 is 1.64. The fourth-order valence-corrected chi connectivity index (χ4v) is 6.12. The van der Waals surface area contributed by atoms with Gasteiger partial charge in [-0.3, -0.25) is 0 Å². The summed E-state index contributed by atoms with van der Waals surface area (Å²) in [5.41, 5.74) is 0. The van der Waals surface area contributed by atoms with Gasteiger partial charge in [-0.2, -0.15) is 4.31 Å². The largest absolute Gasteiger partial charge is 0.347 e. The fraction of sp³-hybridized carbons (Fsp3) is 0.625. The van der Waals surface area contributed by atoms with Crippen LogP contribution in [0.25, 0.3) is 0 Å². The van der Waals surface area contributed by atoms with Crippen LogP contribution in [0.4, 0.5) is 5.13 Å². The van der Waals surface area contributed by atoms with Crippen LogP contribution in [-0.2, 0) is 17.1 Å². The monoisotopic (exact) mass is 381 g/mol. The maximum atomic E-state index is 13.0. The molecule has 0 aromatic carbocycles. The number of imidazole rings is 1. The van der Waals surface area contributed by atoms with Crippen molar-refractivity contribution in [3.63, 3.8) is 0 Å². The summed E-state index contributed by atoms with van der Waals surface area (Å²) < 4.78 is 29.4. The van der Waals surface area contributed by atoms with Crippen LogP contribution in [-0.4, -0.2) is 53.4 Å². The normalized spacial score (nSPS) is 24.4. The van der Waals surface area contributed by atoms with Crippen LogP contribution in [0.2, 0.25) is 0 Å². The van der Waals surface area contributed by atoms with Gasteiger partial charge in [0.15, 0.2) is 10.2 Å². The molecule has 0 bridgehead atoms. The molecule has 136 valence electrons. The molecular weight excluding hydrogens is 358 g/mol. The third-order valence-electron chi connectivity index (χ3n) is 5.15. The molecule has 0 radical (unpaired) electrons. The lowest BCUT2D eigenvalue weighted by molar-refractivity contribution is 0.451. The lowest BCUT2D eigenvalue weighted by atomic mass is 10.0. The maximum absolute atomic E-state index is 13.0. The van der Waals surface area contributed by atoms with Crippen LogP contribution < -0.4 is 4.90 Å². The zero-order valence-electron chi connectivity index (χ0n) is 14.7. The molecule has 0 N–H and O–H groups in total. The van der Waals surface area contributed by atoms with Crippen molar-refractivity contribution in [2.75, 3.05) is 31.1 Å². The van der Waals surface area contributed by atoms with Crippen molar-refractivity contribution in [3.8, 4) is 0 Å². The minimum absolute atomic E-state index is 0.176. The smallest absolute Gasteiger partial charge is 0.262 e. The second-order valence-electron chi connectivity index (χ2n) is 7.26. The molecule has 7 nitrogen and oxygen atoms in total. The van der Waals surface area contributed by atoms with Crippen LogP contribution in [0.3, 0.4) is 0 Å². The van der Waals surface area contributed by atoms with Gasteiger partial charge < -0.3 is 9.47 Å². The number of anilines is 1. The zero-order chi connectivity index (χ0) is 17.8. The van der Waals surface area contributed by atoms with Crippen molar-refractivity contribution in [2.45, 2.75) is 24.8 Å². The number of nitrogens with zero attached hydrogens (tertiary/aromatic N) is 5. The number of aryl methyl sites for hydroxylation is 1. The van der Waals surface area contributed by atoms with Crippen LogP contribution in [0.1, 0.15) is 25.6 Å². The SMILES string of the molecule is CC(C)c1nc(S(=O)(=O)N2CC3CN(c4nccs4)CC3C2)cn1C. The molecule has 0 amide bonds. The Hall–Kier alpha value is -1.45. The van der Waals surface area contributed by atoms with Gasteiger partial charge in [0.2, 0.25) is 0 Å². The molecule has 0 saturated carbocycles. The third kappa shape index (κ3) is 2.88. The van der Waals surface area contributed by atoms with Gasteiger partial charge in [-0.1, -0.05) is 13.8 Å². The molecule has 4 rings (SSSR count). The van der Waals surface area contributed by atoms with Crippen molar-refractivity contribution in [1.29, 1.82) is 0 Å². The van der Waals surface area contributed by atoms with Gasteiger partial charge >= 0.3 is 0 Å². The molecule has 0 aliphatic carbocycles. The minimum Gasteiger partial charge on any atom is -0.347 e. The molecule has 25 heavy (non-hydrogen) atoms. The van der Waals surface area contributed by atoms with E-state index >= 15 is 0 Å². The van der Waals surface area contributed by atoms with Crippen molar-refractivity contribution in [3.05, 3.63) is 23.6 Å². The Morgan fingerprint density at radius 1 is 1.20 bits per heavy atom. The molecule has 2 atom stereocenters. The molecule has 2 fully saturated rings. The number of hydrogen-bond acceptors (Lipinski definition) is 6. The molecule has 2 aromatic rings. The highest BCUT2D eigenvalue weighted by Gasteiger charge is 2.45. The lowest BCUT2D eigenvalue weighted by Crippen LogP contribution is -2.33. The first-order valence-electron chi connectivity index (χ1n) is 8.54. The third-order valence-corrected chi connectivity index (χ3v) is 7.69. The zero-order valence-corrected chi connectivity index (χ0v) is 16.3. The molecule has 2 aliphatic rings. The Morgan fingerprint density at radius 2 is 1.88 bits per heavy atom. The predicted octanol–water partition coefficient (Wildman–Crippen LogP) is 1.76. The highest BCUT2D eigenvalue weighted by atomic mass is 32.2. The van der Waals surface area contributed by atoms with E-state index in [1.807, 2.05) is 37.0 Å². The van der Waals surface area contributed by atoms with E-state index in [0.717, 1.165) is 24.0 Å². The molecule has 4 heterocycles. The first-order valence-corrected chi connectivity index (χ1v) is 10.9. The quantitative estimate of drug-likeness (QED) is 0.807. The highest BCUT2D eigenvalue weighted by Crippen LogP contribution is 2.36. The average molecular weight is 382 g/mol. The van der Waals surface area contributed by atoms with Gasteiger partial charge in [0.1, 0.15) is 5.82 Å². The van der Waals surface area contributed by atoms with Gasteiger partial charge in [0, 0.05) is 56.9 Å². The van der Waals surface area contributed by atoms with E-state index in [4.69, 9.17) is 0 Å². The molecule has 2 aromatic heterocycles. The van der Waals surface area contributed by atoms with Gasteiger partial charge in [-0.15, -0.1) is 11.3 Å². The Morgan fingerprint density at radius 3 is 2.40 bits per heavy atom. The van der Waals surface area contributed by atoms with E-state index in [1.165, 1.54) is 0 Å². The maximum Gasteiger partial charge on any atom is 0.262 e. The summed E-state index contributed by atoms with van der Waals surface area (Å²) in [6.45, 7) is 6.94. The Labute approximate surface area is 152 Å². The number of thiazole rings is 1. The predicted molar refractivity (Wildman–Crippen MR) is 97.4 cm³/mol. The minimum atomic E-state index is -3.52. The Balaban J connectivity index is 1.50. The van der Waals surface area contributed by atoms with Gasteiger partial charge in [-0.25, -0.2) is 18.4 Å². The second kappa shape index (κ2) is 6.07. The topological polar surface area (TPSA) is 71.3 Å². The molecule has 2 saturated heterocycles. The van der Waals surface area contributed by atoms with E-state index in [9.17, 15) is 8.42 Å². The van der Waals surface area contributed by atoms with Crippen molar-refractivity contribution in [1.82, 2.24) is 18.8 Å². The van der Waals surface area contributed by atoms with Gasteiger partial charge in [0.05, 0.1) is 0 Å². The molecular formula is C16H23N5O2S2. The summed E-state index contributed by atoms with van der Waals surface area (Å²) in [6.07, 6.45) is 3.46. The number of sulfonamides is 1. The second-order valence-corrected chi connectivity index (χ2v) is 10.0. The number of rotatable bonds is 4. The van der Waals surface area contributed by atoms with Gasteiger partial charge in [-0.05, 0) is 11.8 Å². The summed E-state index contributed by atoms with van der Waals surface area (Å²) in [7, 11) is -1.66. The first kappa shape index (κ1) is 17.0. The number of fused-ring (bicyclic) bond motifs is 1. The van der Waals surface area contributed by atoms with Crippen LogP contribution in [0.5, 0.6) is 0 Å². The van der Waals surface area contributed by atoms with Crippen LogP contribution >= 0.6 is 11.3 Å². The summed E-state index contributed by atoms with van der Waals surface area (Å²) in [4.78, 5) is 11.0.